The van der Waals surface area contributed by atoms with Crippen molar-refractivity contribution >= 4 is 27.9 Å². The minimum atomic E-state index is -0.262. The molecule has 9 heteroatoms. The molecule has 0 spiro atoms. The number of phenolic OH excluding ortho intramolecular Hbond substituents is 1. The third-order valence-electron chi connectivity index (χ3n) is 14.1. The zero-order valence-corrected chi connectivity index (χ0v) is 42.9. The molecule has 2 aliphatic carbocycles. The fourth-order valence-electron chi connectivity index (χ4n) is 9.48. The lowest BCUT2D eigenvalue weighted by molar-refractivity contribution is -0.142. The first-order chi connectivity index (χ1) is 31.8. The van der Waals surface area contributed by atoms with E-state index in [9.17, 15) is 14.7 Å². The summed E-state index contributed by atoms with van der Waals surface area (Å²) < 4.78 is 19.7. The molecule has 356 valence electrons. The Hall–Kier alpha value is -5.54. The van der Waals surface area contributed by atoms with Crippen LogP contribution < -0.4 is 4.74 Å². The largest absolute Gasteiger partial charge is 0.508 e. The molecule has 1 N–H and O–H groups in total. The Kier molecular flexibility index (Phi) is 16.4. The minimum absolute atomic E-state index is 0.104. The summed E-state index contributed by atoms with van der Waals surface area (Å²) in [5, 5.41) is 10.3. The number of aromatic hydroxyl groups is 1. The number of ether oxygens (including phenoxy) is 3. The van der Waals surface area contributed by atoms with E-state index < -0.39 is 0 Å². The second-order valence-corrected chi connectivity index (χ2v) is 21.3. The number of esters is 2. The second-order valence-electron chi connectivity index (χ2n) is 20.7. The zero-order valence-electron chi connectivity index (χ0n) is 41.3. The highest BCUT2D eigenvalue weighted by atomic mass is 79.9. The zero-order chi connectivity index (χ0) is 48.6. The number of alkyl halides is 1. The highest BCUT2D eigenvalue weighted by molar-refractivity contribution is 9.08. The first-order valence-corrected chi connectivity index (χ1v) is 24.6. The Labute approximate surface area is 407 Å². The first-order valence-electron chi connectivity index (χ1n) is 23.5. The summed E-state index contributed by atoms with van der Waals surface area (Å²) in [5.41, 5.74) is 11.7. The van der Waals surface area contributed by atoms with Crippen LogP contribution in [-0.2, 0) is 52.7 Å². The van der Waals surface area contributed by atoms with Crippen molar-refractivity contribution in [3.05, 3.63) is 178 Å². The molecule has 0 saturated heterocycles. The van der Waals surface area contributed by atoms with Gasteiger partial charge in [-0.15, -0.1) is 0 Å². The molecule has 67 heavy (non-hydrogen) atoms. The van der Waals surface area contributed by atoms with Crippen LogP contribution in [0, 0.1) is 0 Å². The summed E-state index contributed by atoms with van der Waals surface area (Å²) in [6.45, 7) is 19.4. The standard InChI is InChI=1S/C29H35NO3.C15H21Br.C14H15NO3/c1-28(2)14-15-29(3,4)25-18-21(8-13-24(25)28)20-33-23-11-9-22(10-12-23)26(19-27(31)32-5)30-16-6-7-17-30;1-14(2)7-8-15(3,4)13-9-11(10-16)5-6-12(13)14;1-18-14(17)10-13(15-8-2-3-9-15)11-4-6-12(16)7-5-11/h6-13,16-18,26H,14-15,19-20H2,1-5H3;5-6,9H,7-8,10H2,1-4H3;2-9,13,16H,10H2,1H3/t26-;;13-/m0.0/s1. The van der Waals surface area contributed by atoms with Crippen LogP contribution in [0.1, 0.15) is 151 Å². The molecule has 0 amide bonds. The number of carbonyl (C=O) groups is 2. The van der Waals surface area contributed by atoms with Crippen molar-refractivity contribution in [2.24, 2.45) is 0 Å². The van der Waals surface area contributed by atoms with Crippen LogP contribution in [0.2, 0.25) is 0 Å². The molecule has 0 bridgehead atoms. The first kappa shape index (κ1) is 50.9. The van der Waals surface area contributed by atoms with Gasteiger partial charge in [-0.05, 0) is 140 Å². The van der Waals surface area contributed by atoms with Gasteiger partial charge in [-0.1, -0.05) is 132 Å². The number of hydrogen-bond donors (Lipinski definition) is 1. The third-order valence-corrected chi connectivity index (χ3v) is 14.7. The molecule has 4 aromatic carbocycles. The molecular formula is C58H71BrN2O6. The van der Waals surface area contributed by atoms with E-state index in [0.29, 0.717) is 17.4 Å². The smallest absolute Gasteiger partial charge is 0.307 e. The van der Waals surface area contributed by atoms with E-state index in [1.54, 1.807) is 23.3 Å². The van der Waals surface area contributed by atoms with Crippen LogP contribution in [0.4, 0.5) is 0 Å². The number of aromatic nitrogens is 2. The lowest BCUT2D eigenvalue weighted by atomic mass is 9.63. The van der Waals surface area contributed by atoms with Crippen molar-refractivity contribution in [2.75, 3.05) is 14.2 Å². The number of phenols is 1. The van der Waals surface area contributed by atoms with Gasteiger partial charge in [-0.2, -0.15) is 0 Å². The maximum absolute atomic E-state index is 11.9. The molecule has 8 rings (SSSR count). The molecule has 6 aromatic rings. The van der Waals surface area contributed by atoms with Gasteiger partial charge in [0.25, 0.3) is 0 Å². The number of rotatable bonds is 12. The summed E-state index contributed by atoms with van der Waals surface area (Å²) >= 11 is 3.55. The van der Waals surface area contributed by atoms with Crippen molar-refractivity contribution in [1.29, 1.82) is 0 Å². The Morgan fingerprint density at radius 3 is 1.33 bits per heavy atom. The number of hydrogen-bond acceptors (Lipinski definition) is 6. The van der Waals surface area contributed by atoms with E-state index in [-0.39, 0.29) is 53.4 Å². The summed E-state index contributed by atoms with van der Waals surface area (Å²) in [4.78, 5) is 23.4. The van der Waals surface area contributed by atoms with Crippen LogP contribution >= 0.6 is 15.9 Å². The predicted molar refractivity (Wildman–Crippen MR) is 273 cm³/mol. The van der Waals surface area contributed by atoms with Crippen LogP contribution in [-0.4, -0.2) is 40.4 Å². The maximum Gasteiger partial charge on any atom is 0.307 e. The van der Waals surface area contributed by atoms with Crippen molar-refractivity contribution < 1.29 is 28.9 Å². The lowest BCUT2D eigenvalue weighted by Crippen LogP contribution is -2.33. The molecule has 2 aliphatic rings. The minimum Gasteiger partial charge on any atom is -0.508 e. The highest BCUT2D eigenvalue weighted by Crippen LogP contribution is 2.47. The topological polar surface area (TPSA) is 91.9 Å². The molecule has 2 aromatic heterocycles. The van der Waals surface area contributed by atoms with E-state index in [1.165, 1.54) is 62.2 Å². The molecule has 0 saturated carbocycles. The van der Waals surface area contributed by atoms with Gasteiger partial charge in [-0.25, -0.2) is 0 Å². The quantitative estimate of drug-likeness (QED) is 0.0970. The van der Waals surface area contributed by atoms with Gasteiger partial charge in [0.2, 0.25) is 0 Å². The molecule has 2 heterocycles. The monoisotopic (exact) mass is 970 g/mol. The summed E-state index contributed by atoms with van der Waals surface area (Å²) in [5.74, 6) is 0.540. The van der Waals surface area contributed by atoms with E-state index >= 15 is 0 Å². The number of benzene rings is 4. The van der Waals surface area contributed by atoms with Gasteiger partial charge in [0, 0.05) is 30.1 Å². The van der Waals surface area contributed by atoms with Crippen LogP contribution in [0.3, 0.4) is 0 Å². The number of nitrogens with zero attached hydrogens (tertiary/aromatic N) is 2. The molecule has 0 aliphatic heterocycles. The van der Waals surface area contributed by atoms with Crippen molar-refractivity contribution in [2.45, 2.75) is 140 Å². The van der Waals surface area contributed by atoms with Crippen LogP contribution in [0.25, 0.3) is 0 Å². The van der Waals surface area contributed by atoms with Crippen LogP contribution in [0.15, 0.2) is 134 Å². The molecule has 0 unspecified atom stereocenters. The number of fused-ring (bicyclic) bond motifs is 2. The summed E-state index contributed by atoms with van der Waals surface area (Å²) in [6, 6.07) is 36.2. The van der Waals surface area contributed by atoms with Crippen LogP contribution in [0.5, 0.6) is 11.5 Å². The Balaban J connectivity index is 0.000000183. The number of halogens is 1. The molecule has 0 radical (unpaired) electrons. The lowest BCUT2D eigenvalue weighted by Gasteiger charge is -2.42. The van der Waals surface area contributed by atoms with E-state index in [4.69, 9.17) is 14.2 Å². The molecular weight excluding hydrogens is 901 g/mol. The average molecular weight is 972 g/mol. The predicted octanol–water partition coefficient (Wildman–Crippen LogP) is 13.8. The van der Waals surface area contributed by atoms with Crippen molar-refractivity contribution in [3.63, 3.8) is 0 Å². The van der Waals surface area contributed by atoms with Gasteiger partial charge in [0.15, 0.2) is 0 Å². The fraction of sp³-hybridized carbons (Fsp3) is 0.414. The second kappa shape index (κ2) is 21.6. The fourth-order valence-corrected chi connectivity index (χ4v) is 9.83. The molecule has 2 atom stereocenters. The highest BCUT2D eigenvalue weighted by Gasteiger charge is 2.38. The van der Waals surface area contributed by atoms with Gasteiger partial charge < -0.3 is 28.5 Å². The van der Waals surface area contributed by atoms with E-state index in [1.807, 2.05) is 94.6 Å². The average Bonchev–Trinajstić information content (AvgIpc) is 4.07. The Bertz CT molecular complexity index is 2540. The number of carbonyl (C=O) groups excluding carboxylic acids is 2. The van der Waals surface area contributed by atoms with Gasteiger partial charge >= 0.3 is 11.9 Å². The van der Waals surface area contributed by atoms with Gasteiger partial charge in [-0.3, -0.25) is 9.59 Å². The third kappa shape index (κ3) is 12.7. The normalized spacial score (nSPS) is 16.8. The summed E-state index contributed by atoms with van der Waals surface area (Å²) in [6.07, 6.45) is 13.3. The van der Waals surface area contributed by atoms with Gasteiger partial charge in [0.1, 0.15) is 18.1 Å². The summed E-state index contributed by atoms with van der Waals surface area (Å²) in [7, 11) is 2.81. The van der Waals surface area contributed by atoms with E-state index in [0.717, 1.165) is 22.2 Å². The molecule has 0 fully saturated rings. The number of methoxy groups -OCH3 is 2. The SMILES string of the molecule is CC1(C)CCC(C)(C)c2cc(CBr)ccc21.COC(=O)C[C@@H](c1ccc(O)cc1)n1cccc1.COC(=O)C[C@@H](c1ccc(OCc2ccc3c(c2)C(C)(C)CCC3(C)C)cc1)n1cccc1. The van der Waals surface area contributed by atoms with E-state index in [2.05, 4.69) is 108 Å². The Morgan fingerprint density at radius 1 is 0.552 bits per heavy atom. The molecule has 8 nitrogen and oxygen atoms in total. The van der Waals surface area contributed by atoms with Crippen molar-refractivity contribution in [3.8, 4) is 11.5 Å². The maximum atomic E-state index is 11.9. The van der Waals surface area contributed by atoms with Crippen molar-refractivity contribution in [1.82, 2.24) is 9.13 Å². The van der Waals surface area contributed by atoms with Gasteiger partial charge in [0.05, 0.1) is 39.1 Å². The Morgan fingerprint density at radius 2 is 0.925 bits per heavy atom.